The molecule has 0 amide bonds. The normalized spacial score (nSPS) is 27.5. The van der Waals surface area contributed by atoms with E-state index in [0.29, 0.717) is 51.7 Å². The van der Waals surface area contributed by atoms with E-state index in [1.165, 1.54) is 7.11 Å². The van der Waals surface area contributed by atoms with E-state index >= 15 is 0 Å². The van der Waals surface area contributed by atoms with Crippen LogP contribution in [0, 0.1) is 36.5 Å². The first kappa shape index (κ1) is 39.3. The first-order chi connectivity index (χ1) is 23.7. The Morgan fingerprint density at radius 3 is 2.39 bits per heavy atom. The highest BCUT2D eigenvalue weighted by Gasteiger charge is 2.46. The Morgan fingerprint density at radius 1 is 1.02 bits per heavy atom. The van der Waals surface area contributed by atoms with Gasteiger partial charge in [0.2, 0.25) is 0 Å². The summed E-state index contributed by atoms with van der Waals surface area (Å²) in [7, 11) is -2.65. The number of ether oxygens (including phenoxy) is 5. The Labute approximate surface area is 294 Å². The minimum Gasteiger partial charge on any atom is -0.469 e. The van der Waals surface area contributed by atoms with Gasteiger partial charge in [-0.3, -0.25) is 8.98 Å². The van der Waals surface area contributed by atoms with E-state index < -0.39 is 16.2 Å². The Bertz CT molecular complexity index is 1370. The Balaban J connectivity index is 1.63. The van der Waals surface area contributed by atoms with Crippen molar-refractivity contribution in [2.45, 2.75) is 134 Å². The molecule has 8 atom stereocenters. The largest absolute Gasteiger partial charge is 0.469 e. The molecule has 2 heterocycles. The van der Waals surface area contributed by atoms with Crippen molar-refractivity contribution in [3.05, 3.63) is 54.1 Å². The zero-order valence-corrected chi connectivity index (χ0v) is 30.5. The molecular weight excluding hydrogens is 644 g/mol. The lowest BCUT2D eigenvalue weighted by Gasteiger charge is -2.31. The summed E-state index contributed by atoms with van der Waals surface area (Å²) in [6.07, 6.45) is 15.7. The monoisotopic (exact) mass is 700 g/mol. The topological polar surface area (TPSA) is 107 Å². The highest BCUT2D eigenvalue weighted by atomic mass is 32.2. The van der Waals surface area contributed by atoms with Gasteiger partial charge in [-0.1, -0.05) is 48.9 Å². The first-order valence-corrected chi connectivity index (χ1v) is 19.4. The SMILES string of the molecule is CC#CCC(C)[C@@H](C=C[C@@H]1[C@@H](CC=CCCCC(=O)OC)[C@H](OS(=O)(=O)c2ccc(C)cc2)C[C@H]1OC1CCCCO1)OC1CCCCO1. The highest BCUT2D eigenvalue weighted by Crippen LogP contribution is 2.42. The zero-order chi connectivity index (χ0) is 35.1. The van der Waals surface area contributed by atoms with Crippen LogP contribution in [-0.4, -0.2) is 65.6 Å². The van der Waals surface area contributed by atoms with E-state index in [-0.39, 0.29) is 53.4 Å². The van der Waals surface area contributed by atoms with Gasteiger partial charge in [-0.2, -0.15) is 8.42 Å². The lowest BCUT2D eigenvalue weighted by molar-refractivity contribution is -0.193. The Hall–Kier alpha value is -2.52. The molecule has 4 rings (SSSR count). The van der Waals surface area contributed by atoms with E-state index in [9.17, 15) is 13.2 Å². The molecule has 3 aliphatic rings. The van der Waals surface area contributed by atoms with Crippen molar-refractivity contribution in [2.24, 2.45) is 17.8 Å². The van der Waals surface area contributed by atoms with Crippen LogP contribution in [0.1, 0.15) is 96.5 Å². The van der Waals surface area contributed by atoms with Gasteiger partial charge in [0.15, 0.2) is 12.6 Å². The number of carbonyl (C=O) groups is 1. The number of unbranched alkanes of at least 4 members (excludes halogenated alkanes) is 1. The lowest BCUT2D eigenvalue weighted by Crippen LogP contribution is -2.32. The quantitative estimate of drug-likeness (QED) is 0.0540. The summed E-state index contributed by atoms with van der Waals surface area (Å²) >= 11 is 0. The van der Waals surface area contributed by atoms with Gasteiger partial charge in [-0.15, -0.1) is 11.8 Å². The van der Waals surface area contributed by atoms with Crippen molar-refractivity contribution in [3.8, 4) is 11.8 Å². The smallest absolute Gasteiger partial charge is 0.305 e. The number of allylic oxidation sites excluding steroid dienone is 2. The Morgan fingerprint density at radius 2 is 1.73 bits per heavy atom. The maximum atomic E-state index is 13.6. The van der Waals surface area contributed by atoms with Crippen molar-refractivity contribution < 1.29 is 41.1 Å². The molecule has 1 aliphatic carbocycles. The number of hydrogen-bond acceptors (Lipinski definition) is 9. The van der Waals surface area contributed by atoms with E-state index in [4.69, 9.17) is 27.9 Å². The molecule has 3 unspecified atom stereocenters. The molecule has 2 aliphatic heterocycles. The van der Waals surface area contributed by atoms with Gasteiger partial charge in [0.1, 0.15) is 0 Å². The van der Waals surface area contributed by atoms with Gasteiger partial charge < -0.3 is 23.7 Å². The second-order valence-corrected chi connectivity index (χ2v) is 15.0. The fourth-order valence-corrected chi connectivity index (χ4v) is 7.80. The molecule has 1 aromatic rings. The molecule has 0 N–H and O–H groups in total. The maximum absolute atomic E-state index is 13.6. The van der Waals surface area contributed by atoms with E-state index in [2.05, 4.69) is 37.0 Å². The van der Waals surface area contributed by atoms with Crippen molar-refractivity contribution in [2.75, 3.05) is 20.3 Å². The second kappa shape index (κ2) is 20.4. The minimum atomic E-state index is -4.04. The molecule has 49 heavy (non-hydrogen) atoms. The highest BCUT2D eigenvalue weighted by molar-refractivity contribution is 7.86. The van der Waals surface area contributed by atoms with Gasteiger partial charge in [0.25, 0.3) is 10.1 Å². The molecule has 0 aromatic heterocycles. The number of rotatable bonds is 17. The number of carbonyl (C=O) groups excluding carboxylic acids is 1. The predicted octanol–water partition coefficient (Wildman–Crippen LogP) is 7.42. The summed E-state index contributed by atoms with van der Waals surface area (Å²) < 4.78 is 63.2. The van der Waals surface area contributed by atoms with Crippen LogP contribution in [0.3, 0.4) is 0 Å². The van der Waals surface area contributed by atoms with Gasteiger partial charge >= 0.3 is 5.97 Å². The number of hydrogen-bond donors (Lipinski definition) is 0. The molecular formula is C39H56O9S. The summed E-state index contributed by atoms with van der Waals surface area (Å²) in [6.45, 7) is 7.22. The average molecular weight is 701 g/mol. The number of esters is 1. The number of aryl methyl sites for hydroxylation is 1. The van der Waals surface area contributed by atoms with Gasteiger partial charge in [0, 0.05) is 38.4 Å². The molecule has 272 valence electrons. The van der Waals surface area contributed by atoms with Gasteiger partial charge in [0.05, 0.1) is 30.3 Å². The van der Waals surface area contributed by atoms with Crippen LogP contribution in [0.2, 0.25) is 0 Å². The second-order valence-electron chi connectivity index (χ2n) is 13.4. The van der Waals surface area contributed by atoms with Crippen LogP contribution in [0.25, 0.3) is 0 Å². The van der Waals surface area contributed by atoms with Crippen LogP contribution in [0.4, 0.5) is 0 Å². The summed E-state index contributed by atoms with van der Waals surface area (Å²) in [5, 5.41) is 0. The molecule has 9 nitrogen and oxygen atoms in total. The molecule has 1 aromatic carbocycles. The number of benzene rings is 1. The number of methoxy groups -OCH3 is 1. The molecule has 0 spiro atoms. The predicted molar refractivity (Wildman–Crippen MR) is 188 cm³/mol. The third-order valence-corrected chi connectivity index (χ3v) is 10.9. The van der Waals surface area contributed by atoms with Crippen LogP contribution >= 0.6 is 0 Å². The van der Waals surface area contributed by atoms with Crippen LogP contribution in [-0.2, 0) is 42.8 Å². The third-order valence-electron chi connectivity index (χ3n) is 9.58. The molecule has 3 fully saturated rings. The Kier molecular flexibility index (Phi) is 16.3. The van der Waals surface area contributed by atoms with E-state index in [1.54, 1.807) is 24.3 Å². The lowest BCUT2D eigenvalue weighted by atomic mass is 9.88. The van der Waals surface area contributed by atoms with Crippen molar-refractivity contribution in [3.63, 3.8) is 0 Å². The van der Waals surface area contributed by atoms with Gasteiger partial charge in [-0.05, 0) is 95.6 Å². The minimum absolute atomic E-state index is 0.110. The average Bonchev–Trinajstić information content (AvgIpc) is 3.41. The van der Waals surface area contributed by atoms with Crippen molar-refractivity contribution in [1.29, 1.82) is 0 Å². The molecule has 1 saturated carbocycles. The first-order valence-electron chi connectivity index (χ1n) is 18.0. The molecule has 2 saturated heterocycles. The standard InChI is InChI=1S/C39H56O9S/c1-5-6-15-30(3)34(46-38-18-11-13-26-44-38)25-24-33-32(16-9-7-8-10-17-37(40)43-4)36(28-35(33)47-39-19-12-14-27-45-39)48-49(41,42)31-22-20-29(2)21-23-31/h7,9,20-25,30,32-36,38-39H,8,10-19,26-28H2,1-4H3/t30?,32-,33-,34-,35-,36-,38?,39?/m1/s1. The van der Waals surface area contributed by atoms with E-state index in [0.717, 1.165) is 44.1 Å². The van der Waals surface area contributed by atoms with Crippen molar-refractivity contribution >= 4 is 16.1 Å². The summed E-state index contributed by atoms with van der Waals surface area (Å²) in [5.74, 6) is 5.70. The van der Waals surface area contributed by atoms with Crippen LogP contribution < -0.4 is 0 Å². The van der Waals surface area contributed by atoms with Gasteiger partial charge in [-0.25, -0.2) is 0 Å². The summed E-state index contributed by atoms with van der Waals surface area (Å²) in [5.41, 5.74) is 0.968. The molecule has 0 radical (unpaired) electrons. The zero-order valence-electron chi connectivity index (χ0n) is 29.7. The molecule has 10 heteroatoms. The van der Waals surface area contributed by atoms with Crippen molar-refractivity contribution in [1.82, 2.24) is 0 Å². The van der Waals surface area contributed by atoms with Crippen LogP contribution in [0.15, 0.2) is 53.5 Å². The maximum Gasteiger partial charge on any atom is 0.305 e. The fourth-order valence-electron chi connectivity index (χ4n) is 6.67. The summed E-state index contributed by atoms with van der Waals surface area (Å²) in [4.78, 5) is 11.7. The molecule has 0 bridgehead atoms. The van der Waals surface area contributed by atoms with Crippen LogP contribution in [0.5, 0.6) is 0 Å². The van der Waals surface area contributed by atoms with E-state index in [1.807, 2.05) is 19.9 Å². The fraction of sp³-hybridized carbons (Fsp3) is 0.667. The third kappa shape index (κ3) is 12.6. The summed E-state index contributed by atoms with van der Waals surface area (Å²) in [6, 6.07) is 6.73.